The Morgan fingerprint density at radius 3 is 2.60 bits per heavy atom. The molecule has 0 N–H and O–H groups in total. The molecule has 0 aliphatic carbocycles. The van der Waals surface area contributed by atoms with E-state index in [9.17, 15) is 0 Å². The zero-order valence-electron chi connectivity index (χ0n) is 5.89. The molecule has 1 fully saturated rings. The minimum atomic E-state index is -0.781. The van der Waals surface area contributed by atoms with Crippen LogP contribution in [-0.4, -0.2) is 23.6 Å². The Hall–Kier alpha value is 0.650. The van der Waals surface area contributed by atoms with Gasteiger partial charge in [0.25, 0.3) is 0 Å². The Morgan fingerprint density at radius 1 is 1.80 bits per heavy atom. The summed E-state index contributed by atoms with van der Waals surface area (Å²) in [4.78, 5) is 0. The van der Waals surface area contributed by atoms with Crippen LogP contribution in [0, 0.1) is 6.13 Å². The van der Waals surface area contributed by atoms with Gasteiger partial charge in [-0.25, -0.2) is 0 Å². The van der Waals surface area contributed by atoms with Gasteiger partial charge in [0.2, 0.25) is 0 Å². The molecular formula is C5H9NOP2S+2. The Labute approximate surface area is 68.6 Å². The summed E-state index contributed by atoms with van der Waals surface area (Å²) in [7, 11) is 1.99. The molecule has 0 spiro atoms. The molecule has 1 rings (SSSR count). The van der Waals surface area contributed by atoms with Crippen molar-refractivity contribution in [3.05, 3.63) is 0 Å². The van der Waals surface area contributed by atoms with Crippen LogP contribution in [0.5, 0.6) is 0 Å². The molecule has 1 aliphatic rings. The first-order valence-electron chi connectivity index (χ1n) is 2.93. The van der Waals surface area contributed by atoms with E-state index in [0.717, 1.165) is 8.04 Å². The van der Waals surface area contributed by atoms with E-state index in [4.69, 9.17) is 22.5 Å². The topological polar surface area (TPSA) is 12.5 Å². The third-order valence-electron chi connectivity index (χ3n) is 1.60. The second-order valence-electron chi connectivity index (χ2n) is 2.20. The van der Waals surface area contributed by atoms with Crippen LogP contribution >= 0.6 is 15.1 Å². The third kappa shape index (κ3) is 1.46. The van der Waals surface area contributed by atoms with Crippen molar-refractivity contribution in [1.29, 1.82) is 0 Å². The Morgan fingerprint density at radius 2 is 2.40 bits per heavy atom. The Balaban J connectivity index is 2.73. The summed E-state index contributed by atoms with van der Waals surface area (Å²) in [6.07, 6.45) is 5.43. The standard InChI is InChI=1S/C5H9NOP2S/c1-4-5(8-3)7-9(10)6(4)2/h3-5H,1-2H3/q+2. The molecule has 0 amide bonds. The van der Waals surface area contributed by atoms with Crippen molar-refractivity contribution in [3.63, 3.8) is 0 Å². The van der Waals surface area contributed by atoms with Gasteiger partial charge in [-0.05, 0) is 0 Å². The fourth-order valence-electron chi connectivity index (χ4n) is 0.740. The molecule has 0 aromatic rings. The SMILES string of the molecule is C#[P+]C1O[P+](=S)N(C)C1C. The van der Waals surface area contributed by atoms with Gasteiger partial charge in [0.15, 0.2) is 0 Å². The molecule has 1 aliphatic heterocycles. The molecule has 1 heterocycles. The number of nitrogens with zero attached hydrogens (tertiary/aromatic N) is 1. The zero-order valence-corrected chi connectivity index (χ0v) is 8.50. The van der Waals surface area contributed by atoms with Gasteiger partial charge >= 0.3 is 68.1 Å². The van der Waals surface area contributed by atoms with E-state index < -0.39 is 7.07 Å². The molecule has 0 aromatic carbocycles. The molecule has 2 nitrogen and oxygen atoms in total. The predicted octanol–water partition coefficient (Wildman–Crippen LogP) is 1.97. The molecule has 5 heteroatoms. The molecule has 3 atom stereocenters. The maximum atomic E-state index is 5.43. The predicted molar refractivity (Wildman–Crippen MR) is 48.2 cm³/mol. The van der Waals surface area contributed by atoms with Crippen LogP contribution in [0.3, 0.4) is 0 Å². The van der Waals surface area contributed by atoms with Crippen LogP contribution in [0.1, 0.15) is 6.92 Å². The molecule has 10 heavy (non-hydrogen) atoms. The van der Waals surface area contributed by atoms with E-state index in [1.807, 2.05) is 7.05 Å². The van der Waals surface area contributed by atoms with Crippen molar-refractivity contribution in [2.75, 3.05) is 7.05 Å². The van der Waals surface area contributed by atoms with Crippen molar-refractivity contribution >= 4 is 26.9 Å². The summed E-state index contributed by atoms with van der Waals surface area (Å²) in [5.74, 6) is 0.119. The van der Waals surface area contributed by atoms with E-state index in [1.165, 1.54) is 0 Å². The van der Waals surface area contributed by atoms with Gasteiger partial charge in [0, 0.05) is 0 Å². The van der Waals surface area contributed by atoms with Crippen molar-refractivity contribution in [3.8, 4) is 6.13 Å². The normalized spacial score (nSPS) is 38.3. The first kappa shape index (κ1) is 8.74. The molecule has 0 bridgehead atoms. The van der Waals surface area contributed by atoms with E-state index >= 15 is 0 Å². The Bertz CT molecular complexity index is 202. The van der Waals surface area contributed by atoms with Crippen LogP contribution in [0.2, 0.25) is 0 Å². The van der Waals surface area contributed by atoms with Gasteiger partial charge in [-0.1, -0.05) is 0 Å². The van der Waals surface area contributed by atoms with E-state index in [0.29, 0.717) is 6.04 Å². The van der Waals surface area contributed by atoms with Crippen molar-refractivity contribution in [1.82, 2.24) is 4.67 Å². The molecule has 0 radical (unpaired) electrons. The first-order chi connectivity index (χ1) is 4.66. The number of rotatable bonds is 0. The van der Waals surface area contributed by atoms with E-state index in [1.54, 1.807) is 0 Å². The number of hydrogen-bond donors (Lipinski definition) is 0. The van der Waals surface area contributed by atoms with Crippen LogP contribution < -0.4 is 0 Å². The average molecular weight is 193 g/mol. The van der Waals surface area contributed by atoms with Crippen molar-refractivity contribution < 1.29 is 4.52 Å². The van der Waals surface area contributed by atoms with Crippen LogP contribution in [0.15, 0.2) is 0 Å². The molecule has 0 aromatic heterocycles. The van der Waals surface area contributed by atoms with Crippen molar-refractivity contribution in [2.24, 2.45) is 0 Å². The summed E-state index contributed by atoms with van der Waals surface area (Å²) in [5.41, 5.74) is 0. The van der Waals surface area contributed by atoms with Gasteiger partial charge in [-0.3, -0.25) is 0 Å². The van der Waals surface area contributed by atoms with Crippen LogP contribution in [0.25, 0.3) is 0 Å². The summed E-state index contributed by atoms with van der Waals surface area (Å²) in [6.45, 7) is 2.08. The third-order valence-corrected chi connectivity index (χ3v) is 4.92. The summed E-state index contributed by atoms with van der Waals surface area (Å²) < 4.78 is 7.47. The monoisotopic (exact) mass is 193 g/mol. The Kier molecular flexibility index (Phi) is 2.94. The number of likely N-dealkylation sites (N-methyl/N-ethyl adjacent to an activating group) is 1. The van der Waals surface area contributed by atoms with E-state index in [2.05, 4.69) is 11.6 Å². The maximum absolute atomic E-state index is 5.43. The average Bonchev–Trinajstić information content (AvgIpc) is 2.17. The fraction of sp³-hybridized carbons (Fsp3) is 0.800. The van der Waals surface area contributed by atoms with Gasteiger partial charge in [-0.15, -0.1) is 0 Å². The molecular weight excluding hydrogens is 184 g/mol. The second-order valence-corrected chi connectivity index (χ2v) is 5.26. The van der Waals surface area contributed by atoms with Gasteiger partial charge in [-0.2, -0.15) is 0 Å². The van der Waals surface area contributed by atoms with Gasteiger partial charge in [0.05, 0.1) is 0 Å². The fourth-order valence-corrected chi connectivity index (χ4v) is 3.62. The zero-order chi connectivity index (χ0) is 7.72. The number of hydrogen-bond acceptors (Lipinski definition) is 2. The van der Waals surface area contributed by atoms with E-state index in [-0.39, 0.29) is 5.85 Å². The summed E-state index contributed by atoms with van der Waals surface area (Å²) >= 11 is 5.05. The van der Waals surface area contributed by atoms with Crippen molar-refractivity contribution in [2.45, 2.75) is 18.8 Å². The first-order valence-corrected chi connectivity index (χ1v) is 6.19. The van der Waals surface area contributed by atoms with Crippen LogP contribution in [-0.2, 0) is 16.3 Å². The quantitative estimate of drug-likeness (QED) is 0.546. The van der Waals surface area contributed by atoms with Crippen LogP contribution in [0.4, 0.5) is 0 Å². The van der Waals surface area contributed by atoms with Gasteiger partial charge in [0.1, 0.15) is 0 Å². The molecule has 3 unspecified atom stereocenters. The molecule has 54 valence electrons. The molecule has 0 saturated carbocycles. The summed E-state index contributed by atoms with van der Waals surface area (Å²) in [6, 6.07) is 0.371. The second kappa shape index (κ2) is 3.36. The minimum absolute atomic E-state index is 0.119. The summed E-state index contributed by atoms with van der Waals surface area (Å²) in [5, 5.41) is 0. The van der Waals surface area contributed by atoms with Gasteiger partial charge < -0.3 is 0 Å². The molecule has 1 saturated heterocycles.